The summed E-state index contributed by atoms with van der Waals surface area (Å²) in [6.45, 7) is 0. The highest BCUT2D eigenvalue weighted by atomic mass is 16.6. The third-order valence-corrected chi connectivity index (χ3v) is 2.50. The van der Waals surface area contributed by atoms with Crippen molar-refractivity contribution in [2.24, 2.45) is 0 Å². The summed E-state index contributed by atoms with van der Waals surface area (Å²) in [5.41, 5.74) is 6.84. The van der Waals surface area contributed by atoms with Gasteiger partial charge in [-0.2, -0.15) is 5.26 Å². The molecule has 0 heterocycles. The first kappa shape index (κ1) is 12.4. The summed E-state index contributed by atoms with van der Waals surface area (Å²) in [7, 11) is 0. The number of nitrogens with one attached hydrogen (secondary N) is 1. The van der Waals surface area contributed by atoms with Crippen molar-refractivity contribution < 1.29 is 4.92 Å². The van der Waals surface area contributed by atoms with E-state index in [-0.39, 0.29) is 16.9 Å². The molecule has 0 aliphatic heterocycles. The van der Waals surface area contributed by atoms with Crippen LogP contribution >= 0.6 is 0 Å². The van der Waals surface area contributed by atoms with E-state index in [1.807, 2.05) is 6.07 Å². The summed E-state index contributed by atoms with van der Waals surface area (Å²) >= 11 is 0. The maximum atomic E-state index is 11.0. The van der Waals surface area contributed by atoms with Crippen molar-refractivity contribution in [3.8, 4) is 6.07 Å². The molecule has 0 spiro atoms. The molecule has 3 N–H and O–H groups in total. The number of nitro groups is 1. The molecule has 0 bridgehead atoms. The Bertz CT molecular complexity index is 677. The molecule has 6 heteroatoms. The van der Waals surface area contributed by atoms with Crippen molar-refractivity contribution in [1.29, 1.82) is 5.26 Å². The first-order valence-corrected chi connectivity index (χ1v) is 5.42. The van der Waals surface area contributed by atoms with E-state index in [1.54, 1.807) is 36.4 Å². The van der Waals surface area contributed by atoms with E-state index in [4.69, 9.17) is 11.0 Å². The number of nitrogens with zero attached hydrogens (tertiary/aromatic N) is 2. The van der Waals surface area contributed by atoms with Gasteiger partial charge in [-0.3, -0.25) is 10.1 Å². The molecule has 2 aromatic rings. The van der Waals surface area contributed by atoms with Crippen LogP contribution in [0.3, 0.4) is 0 Å². The summed E-state index contributed by atoms with van der Waals surface area (Å²) in [4.78, 5) is 10.5. The number of nitriles is 1. The van der Waals surface area contributed by atoms with Crippen LogP contribution < -0.4 is 11.1 Å². The molecule has 94 valence electrons. The SMILES string of the molecule is N#Cc1cccc(Nc2cccc(N)c2)c1[N+](=O)[O-]. The van der Waals surface area contributed by atoms with Gasteiger partial charge < -0.3 is 11.1 Å². The predicted molar refractivity (Wildman–Crippen MR) is 71.9 cm³/mol. The molecule has 0 unspecified atom stereocenters. The number of nitro benzene ring substituents is 1. The standard InChI is InChI=1S/C13H10N4O2/c14-8-9-3-1-6-12(13(9)17(18)19)16-11-5-2-4-10(15)7-11/h1-7,16H,15H2. The van der Waals surface area contributed by atoms with Crippen LogP contribution in [0.2, 0.25) is 0 Å². The number of anilines is 3. The van der Waals surface area contributed by atoms with Crippen molar-refractivity contribution in [2.45, 2.75) is 0 Å². The maximum Gasteiger partial charge on any atom is 0.310 e. The largest absolute Gasteiger partial charge is 0.399 e. The van der Waals surface area contributed by atoms with Crippen LogP contribution in [0.1, 0.15) is 5.56 Å². The van der Waals surface area contributed by atoms with E-state index in [2.05, 4.69) is 5.32 Å². The van der Waals surface area contributed by atoms with Crippen LogP contribution in [-0.4, -0.2) is 4.92 Å². The van der Waals surface area contributed by atoms with E-state index in [9.17, 15) is 10.1 Å². The minimum absolute atomic E-state index is 0.0129. The van der Waals surface area contributed by atoms with Crippen LogP contribution in [-0.2, 0) is 0 Å². The maximum absolute atomic E-state index is 11.0. The van der Waals surface area contributed by atoms with E-state index in [0.29, 0.717) is 11.4 Å². The summed E-state index contributed by atoms with van der Waals surface area (Å²) in [6, 6.07) is 13.2. The van der Waals surface area contributed by atoms with Gasteiger partial charge >= 0.3 is 5.69 Å². The van der Waals surface area contributed by atoms with Gasteiger partial charge in [0.25, 0.3) is 0 Å². The quantitative estimate of drug-likeness (QED) is 0.497. The topological polar surface area (TPSA) is 105 Å². The molecule has 6 nitrogen and oxygen atoms in total. The first-order valence-electron chi connectivity index (χ1n) is 5.42. The molecule has 0 fully saturated rings. The molecule has 0 radical (unpaired) electrons. The zero-order valence-corrected chi connectivity index (χ0v) is 9.83. The lowest BCUT2D eigenvalue weighted by Gasteiger charge is -2.08. The number of nitrogen functional groups attached to an aromatic ring is 1. The third-order valence-electron chi connectivity index (χ3n) is 2.50. The van der Waals surface area contributed by atoms with Gasteiger partial charge in [0.05, 0.1) is 4.92 Å². The van der Waals surface area contributed by atoms with Gasteiger partial charge in [-0.1, -0.05) is 12.1 Å². The fourth-order valence-electron chi connectivity index (χ4n) is 1.70. The molecule has 0 amide bonds. The van der Waals surface area contributed by atoms with Crippen LogP contribution in [0.5, 0.6) is 0 Å². The van der Waals surface area contributed by atoms with Crippen LogP contribution in [0.25, 0.3) is 0 Å². The Morgan fingerprint density at radius 1 is 1.26 bits per heavy atom. The highest BCUT2D eigenvalue weighted by Crippen LogP contribution is 2.30. The summed E-state index contributed by atoms with van der Waals surface area (Å²) < 4.78 is 0. The lowest BCUT2D eigenvalue weighted by Crippen LogP contribution is -1.99. The van der Waals surface area contributed by atoms with Crippen molar-refractivity contribution in [1.82, 2.24) is 0 Å². The summed E-state index contributed by atoms with van der Waals surface area (Å²) in [6.07, 6.45) is 0. The highest BCUT2D eigenvalue weighted by molar-refractivity contribution is 5.74. The number of rotatable bonds is 3. The Kier molecular flexibility index (Phi) is 3.30. The Labute approximate surface area is 109 Å². The minimum atomic E-state index is -0.576. The average Bonchev–Trinajstić information content (AvgIpc) is 2.38. The minimum Gasteiger partial charge on any atom is -0.399 e. The Morgan fingerprint density at radius 3 is 2.63 bits per heavy atom. The van der Waals surface area contributed by atoms with E-state index < -0.39 is 4.92 Å². The van der Waals surface area contributed by atoms with Crippen LogP contribution in [0.15, 0.2) is 42.5 Å². The molecule has 0 aliphatic carbocycles. The smallest absolute Gasteiger partial charge is 0.310 e. The average molecular weight is 254 g/mol. The second-order valence-electron chi connectivity index (χ2n) is 3.82. The predicted octanol–water partition coefficient (Wildman–Crippen LogP) is 2.79. The second-order valence-corrected chi connectivity index (χ2v) is 3.82. The molecule has 0 saturated heterocycles. The number of benzene rings is 2. The van der Waals surface area contributed by atoms with Crippen molar-refractivity contribution in [2.75, 3.05) is 11.1 Å². The van der Waals surface area contributed by atoms with Gasteiger partial charge in [-0.15, -0.1) is 0 Å². The molecule has 0 aromatic heterocycles. The Balaban J connectivity index is 2.46. The fourth-order valence-corrected chi connectivity index (χ4v) is 1.70. The van der Waals surface area contributed by atoms with Gasteiger partial charge in [0.2, 0.25) is 0 Å². The Hall–Kier alpha value is -3.07. The van der Waals surface area contributed by atoms with Gasteiger partial charge in [0.15, 0.2) is 0 Å². The lowest BCUT2D eigenvalue weighted by molar-refractivity contribution is -0.384. The summed E-state index contributed by atoms with van der Waals surface area (Å²) in [5.74, 6) is 0. The number of hydrogen-bond acceptors (Lipinski definition) is 5. The van der Waals surface area contributed by atoms with Crippen molar-refractivity contribution in [3.63, 3.8) is 0 Å². The normalized spacial score (nSPS) is 9.63. The molecule has 19 heavy (non-hydrogen) atoms. The molecule has 2 rings (SSSR count). The van der Waals surface area contributed by atoms with E-state index in [0.717, 1.165) is 0 Å². The van der Waals surface area contributed by atoms with Crippen molar-refractivity contribution >= 4 is 22.7 Å². The molecule has 2 aromatic carbocycles. The van der Waals surface area contributed by atoms with Gasteiger partial charge in [0, 0.05) is 11.4 Å². The first-order chi connectivity index (χ1) is 9.11. The monoisotopic (exact) mass is 254 g/mol. The lowest BCUT2D eigenvalue weighted by atomic mass is 10.1. The molecular formula is C13H10N4O2. The van der Waals surface area contributed by atoms with Gasteiger partial charge in [-0.25, -0.2) is 0 Å². The Morgan fingerprint density at radius 2 is 2.00 bits per heavy atom. The zero-order chi connectivity index (χ0) is 13.8. The van der Waals surface area contributed by atoms with E-state index in [1.165, 1.54) is 6.07 Å². The number of hydrogen-bond donors (Lipinski definition) is 2. The molecule has 0 atom stereocenters. The third kappa shape index (κ3) is 2.61. The van der Waals surface area contributed by atoms with Gasteiger partial charge in [0.1, 0.15) is 17.3 Å². The van der Waals surface area contributed by atoms with Crippen molar-refractivity contribution in [3.05, 3.63) is 58.1 Å². The zero-order valence-electron chi connectivity index (χ0n) is 9.83. The highest BCUT2D eigenvalue weighted by Gasteiger charge is 2.19. The number of para-hydroxylation sites is 1. The van der Waals surface area contributed by atoms with Crippen LogP contribution in [0, 0.1) is 21.4 Å². The summed E-state index contributed by atoms with van der Waals surface area (Å²) in [5, 5.41) is 22.8. The second kappa shape index (κ2) is 5.06. The van der Waals surface area contributed by atoms with E-state index >= 15 is 0 Å². The number of nitrogens with two attached hydrogens (primary N) is 1. The molecular weight excluding hydrogens is 244 g/mol. The van der Waals surface area contributed by atoms with Crippen LogP contribution in [0.4, 0.5) is 22.7 Å². The molecule has 0 aliphatic rings. The molecule has 0 saturated carbocycles. The fraction of sp³-hybridized carbons (Fsp3) is 0. The van der Waals surface area contributed by atoms with Gasteiger partial charge in [-0.05, 0) is 30.3 Å².